The second kappa shape index (κ2) is 9.33. The summed E-state index contributed by atoms with van der Waals surface area (Å²) in [5.74, 6) is 0.722. The third-order valence-corrected chi connectivity index (χ3v) is 6.17. The van der Waals surface area contributed by atoms with Crippen LogP contribution in [0.4, 0.5) is 0 Å². The van der Waals surface area contributed by atoms with Crippen molar-refractivity contribution >= 4 is 27.5 Å². The molecule has 4 rings (SSSR count). The number of carbonyl (C=O) groups excluding carboxylic acids is 1. The van der Waals surface area contributed by atoms with Crippen LogP contribution in [-0.2, 0) is 17.9 Å². The van der Waals surface area contributed by atoms with E-state index in [0.717, 1.165) is 15.7 Å². The molecule has 8 nitrogen and oxygen atoms in total. The Labute approximate surface area is 193 Å². The normalized spacial score (nSPS) is 10.9. The SMILES string of the molecule is COc1cccc(CNC(=O)Cn2c(=O)n(-c3cccc(C)c3)c(=O)c3sccc32)c1OC. The van der Waals surface area contributed by atoms with Crippen molar-refractivity contribution in [2.45, 2.75) is 20.0 Å². The number of hydrogen-bond acceptors (Lipinski definition) is 6. The van der Waals surface area contributed by atoms with Crippen LogP contribution >= 0.6 is 11.3 Å². The van der Waals surface area contributed by atoms with Crippen molar-refractivity contribution in [3.63, 3.8) is 0 Å². The third-order valence-electron chi connectivity index (χ3n) is 5.28. The predicted octanol–water partition coefficient (Wildman–Crippen LogP) is 2.86. The quantitative estimate of drug-likeness (QED) is 0.453. The number of nitrogens with one attached hydrogen (secondary N) is 1. The van der Waals surface area contributed by atoms with Gasteiger partial charge in [-0.3, -0.25) is 14.2 Å². The molecule has 1 amide bonds. The highest BCUT2D eigenvalue weighted by Crippen LogP contribution is 2.30. The molecule has 9 heteroatoms. The number of benzene rings is 2. The van der Waals surface area contributed by atoms with Crippen molar-refractivity contribution in [3.8, 4) is 17.2 Å². The summed E-state index contributed by atoms with van der Waals surface area (Å²) in [5.41, 5.74) is 1.60. The van der Waals surface area contributed by atoms with Crippen LogP contribution in [0.25, 0.3) is 15.9 Å². The molecule has 1 N–H and O–H groups in total. The number of ether oxygens (including phenoxy) is 2. The molecule has 0 aliphatic rings. The van der Waals surface area contributed by atoms with Gasteiger partial charge in [-0.1, -0.05) is 24.3 Å². The van der Waals surface area contributed by atoms with Crippen LogP contribution in [0.5, 0.6) is 11.5 Å². The van der Waals surface area contributed by atoms with Gasteiger partial charge in [-0.05, 0) is 42.1 Å². The minimum atomic E-state index is -0.564. The first-order valence-corrected chi connectivity index (χ1v) is 11.1. The van der Waals surface area contributed by atoms with Crippen LogP contribution in [0.1, 0.15) is 11.1 Å². The highest BCUT2D eigenvalue weighted by Gasteiger charge is 2.18. The Morgan fingerprint density at radius 1 is 1.06 bits per heavy atom. The molecule has 0 radical (unpaired) electrons. The van der Waals surface area contributed by atoms with Gasteiger partial charge < -0.3 is 14.8 Å². The molecule has 2 aromatic carbocycles. The summed E-state index contributed by atoms with van der Waals surface area (Å²) in [5, 5.41) is 4.56. The lowest BCUT2D eigenvalue weighted by molar-refractivity contribution is -0.121. The molecule has 2 heterocycles. The zero-order valence-electron chi connectivity index (χ0n) is 18.5. The van der Waals surface area contributed by atoms with Crippen LogP contribution in [0.3, 0.4) is 0 Å². The first-order chi connectivity index (χ1) is 15.9. The van der Waals surface area contributed by atoms with Crippen LogP contribution in [-0.4, -0.2) is 29.3 Å². The Morgan fingerprint density at radius 3 is 2.58 bits per heavy atom. The van der Waals surface area contributed by atoms with Crippen molar-refractivity contribution in [1.82, 2.24) is 14.5 Å². The van der Waals surface area contributed by atoms with E-state index in [-0.39, 0.29) is 19.0 Å². The molecule has 0 atom stereocenters. The number of aromatic nitrogens is 2. The molecule has 0 unspecified atom stereocenters. The van der Waals surface area contributed by atoms with E-state index in [1.807, 2.05) is 19.1 Å². The number of aryl methyl sites for hydroxylation is 1. The smallest absolute Gasteiger partial charge is 0.336 e. The van der Waals surface area contributed by atoms with E-state index in [1.165, 1.54) is 23.0 Å². The molecule has 170 valence electrons. The number of methoxy groups -OCH3 is 2. The molecular weight excluding hydrogens is 442 g/mol. The van der Waals surface area contributed by atoms with E-state index in [9.17, 15) is 14.4 Å². The van der Waals surface area contributed by atoms with E-state index >= 15 is 0 Å². The predicted molar refractivity (Wildman–Crippen MR) is 128 cm³/mol. The topological polar surface area (TPSA) is 91.6 Å². The Hall–Kier alpha value is -3.85. The number of amides is 1. The molecule has 0 spiro atoms. The summed E-state index contributed by atoms with van der Waals surface area (Å²) < 4.78 is 13.6. The maximum atomic E-state index is 13.3. The minimum Gasteiger partial charge on any atom is -0.493 e. The van der Waals surface area contributed by atoms with Crippen LogP contribution in [0.2, 0.25) is 0 Å². The number of hydrogen-bond donors (Lipinski definition) is 1. The maximum Gasteiger partial charge on any atom is 0.336 e. The molecule has 0 fully saturated rings. The Bertz CT molecular complexity index is 1450. The summed E-state index contributed by atoms with van der Waals surface area (Å²) in [7, 11) is 3.08. The van der Waals surface area contributed by atoms with Gasteiger partial charge in [-0.15, -0.1) is 11.3 Å². The first-order valence-electron chi connectivity index (χ1n) is 10.2. The highest BCUT2D eigenvalue weighted by atomic mass is 32.1. The highest BCUT2D eigenvalue weighted by molar-refractivity contribution is 7.17. The van der Waals surface area contributed by atoms with Gasteiger partial charge >= 0.3 is 5.69 Å². The second-order valence-electron chi connectivity index (χ2n) is 7.41. The summed E-state index contributed by atoms with van der Waals surface area (Å²) in [6, 6.07) is 14.2. The van der Waals surface area contributed by atoms with Gasteiger partial charge in [0.2, 0.25) is 5.91 Å². The summed E-state index contributed by atoms with van der Waals surface area (Å²) >= 11 is 1.24. The van der Waals surface area contributed by atoms with Crippen LogP contribution in [0, 0.1) is 6.92 Å². The standard InChI is InChI=1S/C24H23N3O5S/c1-15-6-4-8-17(12-15)27-23(29)22-18(10-11-33-22)26(24(27)30)14-20(28)25-13-16-7-5-9-19(31-2)21(16)32-3/h4-12H,13-14H2,1-3H3,(H,25,28). The number of fused-ring (bicyclic) bond motifs is 1. The molecule has 0 aliphatic heterocycles. The zero-order chi connectivity index (χ0) is 23.5. The van der Waals surface area contributed by atoms with Crippen molar-refractivity contribution < 1.29 is 14.3 Å². The lowest BCUT2D eigenvalue weighted by Gasteiger charge is -2.14. The van der Waals surface area contributed by atoms with Gasteiger partial charge in [-0.2, -0.15) is 0 Å². The number of carbonyl (C=O) groups is 1. The van der Waals surface area contributed by atoms with E-state index in [4.69, 9.17) is 9.47 Å². The Balaban J connectivity index is 1.67. The van der Waals surface area contributed by atoms with Gasteiger partial charge in [0.05, 0.1) is 25.4 Å². The Morgan fingerprint density at radius 2 is 1.85 bits per heavy atom. The van der Waals surface area contributed by atoms with E-state index in [1.54, 1.807) is 48.9 Å². The van der Waals surface area contributed by atoms with Gasteiger partial charge in [-0.25, -0.2) is 9.36 Å². The molecule has 2 aromatic heterocycles. The summed E-state index contributed by atoms with van der Waals surface area (Å²) in [6.45, 7) is 1.85. The molecule has 33 heavy (non-hydrogen) atoms. The summed E-state index contributed by atoms with van der Waals surface area (Å²) in [4.78, 5) is 39.2. The molecule has 0 aliphatic carbocycles. The van der Waals surface area contributed by atoms with E-state index < -0.39 is 11.2 Å². The van der Waals surface area contributed by atoms with E-state index in [2.05, 4.69) is 5.32 Å². The lowest BCUT2D eigenvalue weighted by Crippen LogP contribution is -2.41. The fourth-order valence-corrected chi connectivity index (χ4v) is 4.55. The van der Waals surface area contributed by atoms with Crippen molar-refractivity contribution in [2.24, 2.45) is 0 Å². The van der Waals surface area contributed by atoms with Crippen LogP contribution in [0.15, 0.2) is 63.5 Å². The maximum absolute atomic E-state index is 13.3. The molecular formula is C24H23N3O5S. The molecule has 0 bridgehead atoms. The number of thiophene rings is 1. The average Bonchev–Trinajstić information content (AvgIpc) is 3.30. The number of nitrogens with zero attached hydrogens (tertiary/aromatic N) is 2. The molecule has 0 saturated carbocycles. The van der Waals surface area contributed by atoms with Crippen molar-refractivity contribution in [1.29, 1.82) is 0 Å². The van der Waals surface area contributed by atoms with Gasteiger partial charge in [0.1, 0.15) is 11.2 Å². The second-order valence-corrected chi connectivity index (χ2v) is 8.33. The lowest BCUT2D eigenvalue weighted by atomic mass is 10.2. The van der Waals surface area contributed by atoms with Crippen molar-refractivity contribution in [3.05, 3.63) is 85.9 Å². The minimum absolute atomic E-state index is 0.193. The monoisotopic (exact) mass is 465 g/mol. The van der Waals surface area contributed by atoms with Crippen LogP contribution < -0.4 is 26.0 Å². The third kappa shape index (κ3) is 4.27. The van der Waals surface area contributed by atoms with Gasteiger partial charge in [0, 0.05) is 12.1 Å². The summed E-state index contributed by atoms with van der Waals surface area (Å²) in [6.07, 6.45) is 0. The fourth-order valence-electron chi connectivity index (χ4n) is 3.72. The zero-order valence-corrected chi connectivity index (χ0v) is 19.3. The van der Waals surface area contributed by atoms with Gasteiger partial charge in [0.15, 0.2) is 11.5 Å². The Kier molecular flexibility index (Phi) is 6.32. The van der Waals surface area contributed by atoms with Gasteiger partial charge in [0.25, 0.3) is 5.56 Å². The average molecular weight is 466 g/mol. The molecule has 0 saturated heterocycles. The number of rotatable bonds is 7. The first kappa shape index (κ1) is 22.3. The fraction of sp³-hybridized carbons (Fsp3) is 0.208. The molecule has 4 aromatic rings. The van der Waals surface area contributed by atoms with Crippen molar-refractivity contribution in [2.75, 3.05) is 14.2 Å². The van der Waals surface area contributed by atoms with E-state index in [0.29, 0.717) is 27.4 Å². The number of para-hydroxylation sites is 1. The largest absolute Gasteiger partial charge is 0.493 e.